The summed E-state index contributed by atoms with van der Waals surface area (Å²) in [4.78, 5) is 2.50. The molecule has 12 heavy (non-hydrogen) atoms. The van der Waals surface area contributed by atoms with Gasteiger partial charge in [0, 0.05) is 32.8 Å². The molecular weight excluding hydrogens is 152 g/mol. The lowest BCUT2D eigenvalue weighted by atomic mass is 10.1. The van der Waals surface area contributed by atoms with Crippen LogP contribution in [0.1, 0.15) is 13.3 Å². The lowest BCUT2D eigenvalue weighted by molar-refractivity contribution is 0.105. The molecule has 0 aliphatic carbocycles. The number of hydrogen-bond acceptors (Lipinski definition) is 3. The summed E-state index contributed by atoms with van der Waals surface area (Å²) >= 11 is 0. The van der Waals surface area contributed by atoms with Crippen LogP contribution in [-0.2, 0) is 4.74 Å². The highest BCUT2D eigenvalue weighted by Gasteiger charge is 2.21. The van der Waals surface area contributed by atoms with Gasteiger partial charge in [-0.2, -0.15) is 0 Å². The van der Waals surface area contributed by atoms with E-state index in [1.807, 2.05) is 0 Å². The Morgan fingerprint density at radius 2 is 2.33 bits per heavy atom. The van der Waals surface area contributed by atoms with Gasteiger partial charge in [-0.05, 0) is 19.9 Å². The number of likely N-dealkylation sites (tertiary alicyclic amines) is 1. The first-order valence-electron chi connectivity index (χ1n) is 4.78. The second-order valence-corrected chi connectivity index (χ2v) is 3.42. The van der Waals surface area contributed by atoms with E-state index in [2.05, 4.69) is 17.1 Å². The first-order chi connectivity index (χ1) is 5.84. The number of nitrogens with zero attached hydrogens (tertiary/aromatic N) is 1. The summed E-state index contributed by atoms with van der Waals surface area (Å²) in [6, 6.07) is 0.814. The number of hydrogen-bond donors (Lipinski definition) is 1. The number of methoxy groups -OCH3 is 1. The van der Waals surface area contributed by atoms with Gasteiger partial charge in [0.15, 0.2) is 0 Å². The maximum Gasteiger partial charge on any atom is 0.0587 e. The van der Waals surface area contributed by atoms with Crippen LogP contribution in [0.15, 0.2) is 0 Å². The van der Waals surface area contributed by atoms with E-state index >= 15 is 0 Å². The second-order valence-electron chi connectivity index (χ2n) is 3.42. The predicted molar refractivity (Wildman–Crippen MR) is 50.4 cm³/mol. The molecule has 1 aliphatic heterocycles. The zero-order valence-corrected chi connectivity index (χ0v) is 8.18. The summed E-state index contributed by atoms with van der Waals surface area (Å²) in [6.45, 7) is 7.64. The van der Waals surface area contributed by atoms with E-state index in [0.29, 0.717) is 0 Å². The minimum Gasteiger partial charge on any atom is -0.383 e. The molecule has 0 amide bonds. The van der Waals surface area contributed by atoms with Crippen LogP contribution in [-0.4, -0.2) is 50.8 Å². The van der Waals surface area contributed by atoms with Crippen molar-refractivity contribution in [2.75, 3.05) is 39.9 Å². The van der Waals surface area contributed by atoms with Crippen molar-refractivity contribution < 1.29 is 4.74 Å². The molecule has 72 valence electrons. The third kappa shape index (κ3) is 3.09. The van der Waals surface area contributed by atoms with E-state index in [9.17, 15) is 0 Å². The van der Waals surface area contributed by atoms with E-state index in [1.165, 1.54) is 19.5 Å². The third-order valence-electron chi connectivity index (χ3n) is 2.52. The monoisotopic (exact) mass is 172 g/mol. The van der Waals surface area contributed by atoms with E-state index in [0.717, 1.165) is 25.7 Å². The van der Waals surface area contributed by atoms with E-state index < -0.39 is 0 Å². The van der Waals surface area contributed by atoms with Crippen LogP contribution in [0.25, 0.3) is 0 Å². The minimum atomic E-state index is 0.814. The molecule has 0 saturated carbocycles. The Morgan fingerprint density at radius 1 is 1.50 bits per heavy atom. The molecule has 0 spiro atoms. The van der Waals surface area contributed by atoms with Crippen LogP contribution < -0.4 is 5.32 Å². The molecule has 1 heterocycles. The summed E-state index contributed by atoms with van der Waals surface area (Å²) in [5.74, 6) is 0. The van der Waals surface area contributed by atoms with E-state index in [-0.39, 0.29) is 0 Å². The average molecular weight is 172 g/mol. The Balaban J connectivity index is 1.82. The molecule has 3 heteroatoms. The van der Waals surface area contributed by atoms with Gasteiger partial charge >= 0.3 is 0 Å². The topological polar surface area (TPSA) is 24.5 Å². The first-order valence-corrected chi connectivity index (χ1v) is 4.78. The smallest absolute Gasteiger partial charge is 0.0587 e. The Kier molecular flexibility index (Phi) is 4.58. The first kappa shape index (κ1) is 9.96. The second kappa shape index (κ2) is 5.51. The fraction of sp³-hybridized carbons (Fsp3) is 1.00. The van der Waals surface area contributed by atoms with Crippen LogP contribution in [0, 0.1) is 0 Å². The van der Waals surface area contributed by atoms with Crippen molar-refractivity contribution in [1.29, 1.82) is 0 Å². The summed E-state index contributed by atoms with van der Waals surface area (Å²) in [5, 5.41) is 3.34. The van der Waals surface area contributed by atoms with Crippen molar-refractivity contribution in [2.24, 2.45) is 0 Å². The van der Waals surface area contributed by atoms with Gasteiger partial charge in [0.25, 0.3) is 0 Å². The molecular formula is C9H20N2O. The van der Waals surface area contributed by atoms with Gasteiger partial charge in [-0.1, -0.05) is 0 Å². The van der Waals surface area contributed by atoms with Crippen molar-refractivity contribution in [3.8, 4) is 0 Å². The van der Waals surface area contributed by atoms with Crippen LogP contribution in [0.4, 0.5) is 0 Å². The van der Waals surface area contributed by atoms with E-state index in [1.54, 1.807) is 7.11 Å². The molecule has 0 radical (unpaired) electrons. The average Bonchev–Trinajstić information content (AvgIpc) is 2.08. The van der Waals surface area contributed by atoms with Crippen LogP contribution in [0.5, 0.6) is 0 Å². The SMILES string of the molecule is COCCNCCN1CCC1C. The Hall–Kier alpha value is -0.120. The Bertz CT molecular complexity index is 119. The van der Waals surface area contributed by atoms with Gasteiger partial charge in [-0.15, -0.1) is 0 Å². The van der Waals surface area contributed by atoms with E-state index in [4.69, 9.17) is 4.74 Å². The molecule has 1 fully saturated rings. The quantitative estimate of drug-likeness (QED) is 0.584. The molecule has 3 nitrogen and oxygen atoms in total. The predicted octanol–water partition coefficient (Wildman–Crippen LogP) is 0.317. The maximum absolute atomic E-state index is 4.93. The normalized spacial score (nSPS) is 24.0. The highest BCUT2D eigenvalue weighted by molar-refractivity contribution is 4.78. The highest BCUT2D eigenvalue weighted by Crippen LogP contribution is 2.14. The number of nitrogens with one attached hydrogen (secondary N) is 1. The molecule has 1 rings (SSSR count). The third-order valence-corrected chi connectivity index (χ3v) is 2.52. The van der Waals surface area contributed by atoms with Gasteiger partial charge in [-0.3, -0.25) is 4.90 Å². The summed E-state index contributed by atoms with van der Waals surface area (Å²) in [5.41, 5.74) is 0. The van der Waals surface area contributed by atoms with Crippen LogP contribution in [0.3, 0.4) is 0 Å². The van der Waals surface area contributed by atoms with Crippen molar-refractivity contribution >= 4 is 0 Å². The van der Waals surface area contributed by atoms with Crippen molar-refractivity contribution in [2.45, 2.75) is 19.4 Å². The molecule has 1 unspecified atom stereocenters. The van der Waals surface area contributed by atoms with Gasteiger partial charge in [-0.25, -0.2) is 0 Å². The molecule has 1 aliphatic rings. The number of rotatable bonds is 6. The molecule has 0 aromatic rings. The zero-order valence-electron chi connectivity index (χ0n) is 8.18. The maximum atomic E-state index is 4.93. The van der Waals surface area contributed by atoms with Gasteiger partial charge in [0.1, 0.15) is 0 Å². The molecule has 0 aromatic carbocycles. The van der Waals surface area contributed by atoms with Crippen molar-refractivity contribution in [3.05, 3.63) is 0 Å². The summed E-state index contributed by atoms with van der Waals surface area (Å²) in [6.07, 6.45) is 1.37. The largest absolute Gasteiger partial charge is 0.383 e. The zero-order chi connectivity index (χ0) is 8.81. The molecule has 1 atom stereocenters. The molecule has 0 bridgehead atoms. The van der Waals surface area contributed by atoms with Gasteiger partial charge in [0.05, 0.1) is 6.61 Å². The lowest BCUT2D eigenvalue weighted by Crippen LogP contribution is -2.48. The molecule has 1 N–H and O–H groups in total. The Labute approximate surface area is 75.1 Å². The van der Waals surface area contributed by atoms with Crippen molar-refractivity contribution in [1.82, 2.24) is 10.2 Å². The fourth-order valence-electron chi connectivity index (χ4n) is 1.42. The van der Waals surface area contributed by atoms with Gasteiger partial charge < -0.3 is 10.1 Å². The summed E-state index contributed by atoms with van der Waals surface area (Å²) in [7, 11) is 1.74. The summed E-state index contributed by atoms with van der Waals surface area (Å²) < 4.78 is 4.93. The van der Waals surface area contributed by atoms with Crippen LogP contribution >= 0.6 is 0 Å². The van der Waals surface area contributed by atoms with Crippen LogP contribution in [0.2, 0.25) is 0 Å². The fourth-order valence-corrected chi connectivity index (χ4v) is 1.42. The number of ether oxygens (including phenoxy) is 1. The van der Waals surface area contributed by atoms with Gasteiger partial charge in [0.2, 0.25) is 0 Å². The molecule has 0 aromatic heterocycles. The minimum absolute atomic E-state index is 0.814. The molecule has 1 saturated heterocycles. The standard InChI is InChI=1S/C9H20N2O/c1-9-3-6-11(9)7-4-10-5-8-12-2/h9-10H,3-8H2,1-2H3. The highest BCUT2D eigenvalue weighted by atomic mass is 16.5. The Morgan fingerprint density at radius 3 is 2.83 bits per heavy atom. The van der Waals surface area contributed by atoms with Crippen molar-refractivity contribution in [3.63, 3.8) is 0 Å². The lowest BCUT2D eigenvalue weighted by Gasteiger charge is -2.38.